The Kier molecular flexibility index (Phi) is 4.12. The summed E-state index contributed by atoms with van der Waals surface area (Å²) in [7, 11) is 0. The lowest BCUT2D eigenvalue weighted by molar-refractivity contribution is -0.133. The zero-order valence-electron chi connectivity index (χ0n) is 10.3. The molecule has 0 radical (unpaired) electrons. The molecule has 0 aromatic heterocycles. The number of benzene rings is 1. The minimum absolute atomic E-state index is 0.119. The highest BCUT2D eigenvalue weighted by Gasteiger charge is 2.34. The highest BCUT2D eigenvalue weighted by atomic mass is 16.2. The maximum atomic E-state index is 11.6. The van der Waals surface area contributed by atoms with E-state index in [4.69, 9.17) is 0 Å². The van der Waals surface area contributed by atoms with Gasteiger partial charge < -0.3 is 5.32 Å². The smallest absolute Gasteiger partial charge is 0.251 e. The van der Waals surface area contributed by atoms with Crippen LogP contribution in [-0.2, 0) is 20.8 Å². The van der Waals surface area contributed by atoms with Crippen LogP contribution in [0.2, 0.25) is 0 Å². The van der Waals surface area contributed by atoms with Crippen molar-refractivity contribution >= 4 is 17.7 Å². The third kappa shape index (κ3) is 3.54. The molecule has 19 heavy (non-hydrogen) atoms. The molecule has 3 amide bonds. The van der Waals surface area contributed by atoms with Gasteiger partial charge in [-0.05, 0) is 12.0 Å². The largest absolute Gasteiger partial charge is 0.356 e. The highest BCUT2D eigenvalue weighted by Crippen LogP contribution is 2.07. The fraction of sp³-hybridized carbons (Fsp3) is 0.308. The van der Waals surface area contributed by atoms with E-state index in [0.29, 0.717) is 6.54 Å². The summed E-state index contributed by atoms with van der Waals surface area (Å²) in [6, 6.07) is 9.75. The van der Waals surface area contributed by atoms with Crippen LogP contribution in [0.5, 0.6) is 0 Å². The summed E-state index contributed by atoms with van der Waals surface area (Å²) < 4.78 is 0. The third-order valence-electron chi connectivity index (χ3n) is 2.91. The van der Waals surface area contributed by atoms with Crippen LogP contribution in [0.1, 0.15) is 12.0 Å². The zero-order chi connectivity index (χ0) is 13.7. The van der Waals surface area contributed by atoms with Crippen molar-refractivity contribution in [2.75, 3.05) is 6.54 Å². The van der Waals surface area contributed by atoms with Gasteiger partial charge in [0, 0.05) is 13.0 Å². The average molecular weight is 261 g/mol. The number of amides is 3. The number of carbonyl (C=O) groups is 3. The quantitative estimate of drug-likeness (QED) is 0.625. The van der Waals surface area contributed by atoms with Gasteiger partial charge in [0.2, 0.25) is 5.91 Å². The van der Waals surface area contributed by atoms with E-state index in [9.17, 15) is 14.4 Å². The Balaban J connectivity index is 1.73. The van der Waals surface area contributed by atoms with E-state index >= 15 is 0 Å². The fourth-order valence-corrected chi connectivity index (χ4v) is 1.85. The van der Waals surface area contributed by atoms with Gasteiger partial charge in [-0.15, -0.1) is 0 Å². The van der Waals surface area contributed by atoms with Gasteiger partial charge in [0.15, 0.2) is 0 Å². The Labute approximate surface area is 110 Å². The standard InChI is InChI=1S/C13H15N3O3/c17-11(8-10-12(18)15-16-13(10)19)14-7-6-9-4-2-1-3-5-9/h1-5,10H,6-8H2,(H,14,17)(H,15,18)(H,16,19). The van der Waals surface area contributed by atoms with E-state index in [1.165, 1.54) is 0 Å². The van der Waals surface area contributed by atoms with E-state index < -0.39 is 17.7 Å². The molecular weight excluding hydrogens is 246 g/mol. The van der Waals surface area contributed by atoms with Gasteiger partial charge in [-0.3, -0.25) is 25.2 Å². The van der Waals surface area contributed by atoms with Crippen LogP contribution in [0.15, 0.2) is 30.3 Å². The SMILES string of the molecule is O=C(CC1C(=O)NNC1=O)NCCc1ccccc1. The molecule has 2 rings (SSSR count). The van der Waals surface area contributed by atoms with E-state index in [0.717, 1.165) is 12.0 Å². The lowest BCUT2D eigenvalue weighted by atomic mass is 10.1. The van der Waals surface area contributed by atoms with Gasteiger partial charge in [-0.25, -0.2) is 0 Å². The van der Waals surface area contributed by atoms with Crippen molar-refractivity contribution in [3.05, 3.63) is 35.9 Å². The van der Waals surface area contributed by atoms with Gasteiger partial charge in [-0.1, -0.05) is 30.3 Å². The van der Waals surface area contributed by atoms with E-state index in [2.05, 4.69) is 16.2 Å². The van der Waals surface area contributed by atoms with Crippen molar-refractivity contribution in [1.29, 1.82) is 0 Å². The molecule has 1 heterocycles. The van der Waals surface area contributed by atoms with Gasteiger partial charge in [0.05, 0.1) is 0 Å². The second-order valence-electron chi connectivity index (χ2n) is 4.32. The molecule has 1 aliphatic rings. The number of nitrogens with one attached hydrogen (secondary N) is 3. The normalized spacial score (nSPS) is 14.9. The molecule has 1 aromatic rings. The van der Waals surface area contributed by atoms with E-state index in [1.54, 1.807) is 0 Å². The maximum absolute atomic E-state index is 11.6. The highest BCUT2D eigenvalue weighted by molar-refractivity contribution is 6.07. The van der Waals surface area contributed by atoms with Crippen LogP contribution in [0.25, 0.3) is 0 Å². The number of hydrazine groups is 1. The first-order valence-electron chi connectivity index (χ1n) is 6.07. The molecule has 1 aliphatic heterocycles. The predicted octanol–water partition coefficient (Wildman–Crippen LogP) is -0.487. The molecule has 6 heteroatoms. The van der Waals surface area contributed by atoms with Crippen LogP contribution in [0, 0.1) is 5.92 Å². The predicted molar refractivity (Wildman–Crippen MR) is 67.5 cm³/mol. The minimum atomic E-state index is -0.920. The summed E-state index contributed by atoms with van der Waals surface area (Å²) in [6.45, 7) is 0.485. The second-order valence-corrected chi connectivity index (χ2v) is 4.32. The van der Waals surface area contributed by atoms with Gasteiger partial charge >= 0.3 is 0 Å². The van der Waals surface area contributed by atoms with Crippen molar-refractivity contribution < 1.29 is 14.4 Å². The second kappa shape index (κ2) is 5.99. The topological polar surface area (TPSA) is 87.3 Å². The van der Waals surface area contributed by atoms with E-state index in [-0.39, 0.29) is 12.3 Å². The molecule has 0 unspecified atom stereocenters. The molecule has 0 atom stereocenters. The summed E-state index contributed by atoms with van der Waals surface area (Å²) in [6.07, 6.45) is 0.599. The summed E-state index contributed by atoms with van der Waals surface area (Å²) in [4.78, 5) is 34.1. The van der Waals surface area contributed by atoms with Crippen molar-refractivity contribution in [2.24, 2.45) is 5.92 Å². The molecule has 100 valence electrons. The van der Waals surface area contributed by atoms with Crippen molar-refractivity contribution in [3.63, 3.8) is 0 Å². The Morgan fingerprint density at radius 3 is 2.37 bits per heavy atom. The van der Waals surface area contributed by atoms with Gasteiger partial charge in [-0.2, -0.15) is 0 Å². The first kappa shape index (κ1) is 13.1. The van der Waals surface area contributed by atoms with Crippen molar-refractivity contribution in [2.45, 2.75) is 12.8 Å². The van der Waals surface area contributed by atoms with Crippen LogP contribution in [-0.4, -0.2) is 24.3 Å². The number of hydrogen-bond acceptors (Lipinski definition) is 3. The lowest BCUT2D eigenvalue weighted by Gasteiger charge is -2.06. The average Bonchev–Trinajstić information content (AvgIpc) is 2.72. The first-order valence-corrected chi connectivity index (χ1v) is 6.07. The van der Waals surface area contributed by atoms with Gasteiger partial charge in [0.25, 0.3) is 11.8 Å². The minimum Gasteiger partial charge on any atom is -0.356 e. The molecule has 0 saturated carbocycles. The molecule has 0 aliphatic carbocycles. The monoisotopic (exact) mass is 261 g/mol. The number of hydrogen-bond donors (Lipinski definition) is 3. The Bertz CT molecular complexity index is 471. The molecular formula is C13H15N3O3. The molecule has 6 nitrogen and oxygen atoms in total. The van der Waals surface area contributed by atoms with Crippen molar-refractivity contribution in [3.8, 4) is 0 Å². The molecule has 1 saturated heterocycles. The Morgan fingerprint density at radius 2 is 1.74 bits per heavy atom. The zero-order valence-corrected chi connectivity index (χ0v) is 10.3. The third-order valence-corrected chi connectivity index (χ3v) is 2.91. The molecule has 3 N–H and O–H groups in total. The first-order chi connectivity index (χ1) is 9.16. The maximum Gasteiger partial charge on any atom is 0.251 e. The van der Waals surface area contributed by atoms with Crippen LogP contribution < -0.4 is 16.2 Å². The Morgan fingerprint density at radius 1 is 1.11 bits per heavy atom. The molecule has 0 bridgehead atoms. The number of carbonyl (C=O) groups excluding carboxylic acids is 3. The molecule has 1 fully saturated rings. The van der Waals surface area contributed by atoms with Crippen LogP contribution in [0.4, 0.5) is 0 Å². The summed E-state index contributed by atoms with van der Waals surface area (Å²) in [5, 5.41) is 2.70. The van der Waals surface area contributed by atoms with Gasteiger partial charge in [0.1, 0.15) is 5.92 Å². The molecule has 1 aromatic carbocycles. The van der Waals surface area contributed by atoms with E-state index in [1.807, 2.05) is 30.3 Å². The number of rotatable bonds is 5. The molecule has 0 spiro atoms. The summed E-state index contributed by atoms with van der Waals surface area (Å²) in [5.41, 5.74) is 5.50. The lowest BCUT2D eigenvalue weighted by Crippen LogP contribution is -2.31. The van der Waals surface area contributed by atoms with Crippen LogP contribution in [0.3, 0.4) is 0 Å². The summed E-state index contributed by atoms with van der Waals surface area (Å²) in [5.74, 6) is -2.13. The van der Waals surface area contributed by atoms with Crippen LogP contribution >= 0.6 is 0 Å². The Hall–Kier alpha value is -2.37. The van der Waals surface area contributed by atoms with Crippen molar-refractivity contribution in [1.82, 2.24) is 16.2 Å². The summed E-state index contributed by atoms with van der Waals surface area (Å²) >= 11 is 0. The fourth-order valence-electron chi connectivity index (χ4n) is 1.85.